The van der Waals surface area contributed by atoms with Crippen molar-refractivity contribution in [2.45, 2.75) is 58.5 Å². The Morgan fingerprint density at radius 2 is 1.36 bits per heavy atom. The van der Waals surface area contributed by atoms with Gasteiger partial charge in [-0.25, -0.2) is 18.2 Å². The number of carbonyl (C=O) groups is 3. The van der Waals surface area contributed by atoms with Crippen LogP contribution in [0.5, 0.6) is 0 Å². The van der Waals surface area contributed by atoms with Gasteiger partial charge in [-0.1, -0.05) is 30.3 Å². The lowest BCUT2D eigenvalue weighted by Crippen LogP contribution is -2.27. The lowest BCUT2D eigenvalue weighted by atomic mass is 10.0. The van der Waals surface area contributed by atoms with Crippen molar-refractivity contribution in [3.8, 4) is 11.1 Å². The predicted molar refractivity (Wildman–Crippen MR) is 163 cm³/mol. The molecule has 3 aromatic rings. The number of hydrogen-bond acceptors (Lipinski definition) is 6. The number of nitrogens with one attached hydrogen (secondary N) is 2. The van der Waals surface area contributed by atoms with E-state index in [-0.39, 0.29) is 11.6 Å². The molecule has 1 unspecified atom stereocenters. The summed E-state index contributed by atoms with van der Waals surface area (Å²) in [6, 6.07) is 17.2. The summed E-state index contributed by atoms with van der Waals surface area (Å²) in [6.45, 7) is 10.3. The molecular weight excluding hydrogens is 561 g/mol. The average Bonchev–Trinajstić information content (AvgIpc) is 2.83. The molecular formula is C31H36FN3O6S. The molecule has 0 aromatic heterocycles. The van der Waals surface area contributed by atoms with Gasteiger partial charge in [-0.15, -0.1) is 4.36 Å². The molecule has 0 spiro atoms. The van der Waals surface area contributed by atoms with E-state index in [0.717, 1.165) is 0 Å². The molecule has 9 nitrogen and oxygen atoms in total. The van der Waals surface area contributed by atoms with Gasteiger partial charge in [0, 0.05) is 11.8 Å². The maximum absolute atomic E-state index is 13.5. The number of amides is 3. The van der Waals surface area contributed by atoms with Gasteiger partial charge < -0.3 is 14.8 Å². The zero-order chi connectivity index (χ0) is 31.3. The van der Waals surface area contributed by atoms with Gasteiger partial charge in [0.2, 0.25) is 0 Å². The molecule has 3 amide bonds. The van der Waals surface area contributed by atoms with Crippen molar-refractivity contribution in [1.82, 2.24) is 0 Å². The van der Waals surface area contributed by atoms with Crippen molar-refractivity contribution >= 4 is 39.2 Å². The predicted octanol–water partition coefficient (Wildman–Crippen LogP) is 7.62. The highest BCUT2D eigenvalue weighted by Crippen LogP contribution is 2.30. The Balaban J connectivity index is 1.83. The largest absolute Gasteiger partial charge is 0.444 e. The molecule has 42 heavy (non-hydrogen) atoms. The third-order valence-electron chi connectivity index (χ3n) is 5.39. The number of carbonyl (C=O) groups excluding carboxylic acids is 3. The quantitative estimate of drug-likeness (QED) is 0.301. The van der Waals surface area contributed by atoms with E-state index in [0.29, 0.717) is 33.6 Å². The third kappa shape index (κ3) is 10.3. The van der Waals surface area contributed by atoms with Crippen LogP contribution in [0.3, 0.4) is 0 Å². The first-order valence-corrected chi connectivity index (χ1v) is 15.2. The van der Waals surface area contributed by atoms with E-state index in [1.165, 1.54) is 18.4 Å². The molecule has 0 aliphatic rings. The van der Waals surface area contributed by atoms with E-state index in [4.69, 9.17) is 9.47 Å². The maximum Gasteiger partial charge on any atom is 0.442 e. The molecule has 0 saturated carbocycles. The summed E-state index contributed by atoms with van der Waals surface area (Å²) in [5.74, 6) is -0.866. The first-order valence-electron chi connectivity index (χ1n) is 13.1. The fourth-order valence-corrected chi connectivity index (χ4v) is 4.95. The molecule has 2 N–H and O–H groups in total. The van der Waals surface area contributed by atoms with Gasteiger partial charge >= 0.3 is 12.2 Å². The summed E-state index contributed by atoms with van der Waals surface area (Å²) in [7, 11) is -2.93. The highest BCUT2D eigenvalue weighted by atomic mass is 32.2. The van der Waals surface area contributed by atoms with E-state index < -0.39 is 39.0 Å². The maximum atomic E-state index is 13.5. The number of benzene rings is 3. The molecule has 1 atom stereocenters. The molecule has 11 heteroatoms. The van der Waals surface area contributed by atoms with Gasteiger partial charge in [-0.3, -0.25) is 10.1 Å². The van der Waals surface area contributed by atoms with Gasteiger partial charge in [0.25, 0.3) is 5.91 Å². The average molecular weight is 598 g/mol. The van der Waals surface area contributed by atoms with Crippen molar-refractivity contribution in [2.75, 3.05) is 16.9 Å². The Hall–Kier alpha value is -4.25. The van der Waals surface area contributed by atoms with Gasteiger partial charge in [0.1, 0.15) is 17.0 Å². The topological polar surface area (TPSA) is 123 Å². The minimum absolute atomic E-state index is 0.0161. The van der Waals surface area contributed by atoms with Crippen LogP contribution >= 0.6 is 0 Å². The Morgan fingerprint density at radius 3 is 1.93 bits per heavy atom. The molecule has 0 aliphatic carbocycles. The minimum atomic E-state index is -2.93. The Kier molecular flexibility index (Phi) is 9.78. The van der Waals surface area contributed by atoms with Crippen LogP contribution in [0.15, 0.2) is 71.1 Å². The highest BCUT2D eigenvalue weighted by molar-refractivity contribution is 7.92. The van der Waals surface area contributed by atoms with E-state index in [1.54, 1.807) is 96.1 Å². The second-order valence-corrected chi connectivity index (χ2v) is 14.1. The summed E-state index contributed by atoms with van der Waals surface area (Å²) in [5.41, 5.74) is 1.40. The molecule has 3 aromatic carbocycles. The lowest BCUT2D eigenvalue weighted by Gasteiger charge is -2.21. The normalized spacial score (nSPS) is 13.0. The van der Waals surface area contributed by atoms with Crippen LogP contribution in [0.4, 0.5) is 25.4 Å². The fourth-order valence-electron chi connectivity index (χ4n) is 3.72. The smallest absolute Gasteiger partial charge is 0.442 e. The highest BCUT2D eigenvalue weighted by Gasteiger charge is 2.20. The molecule has 0 fully saturated rings. The molecule has 0 saturated heterocycles. The Morgan fingerprint density at radius 1 is 0.786 bits per heavy atom. The monoisotopic (exact) mass is 597 g/mol. The van der Waals surface area contributed by atoms with E-state index >= 15 is 0 Å². The molecule has 0 bridgehead atoms. The van der Waals surface area contributed by atoms with Crippen LogP contribution in [0, 0.1) is 5.82 Å². The first kappa shape index (κ1) is 32.3. The van der Waals surface area contributed by atoms with Crippen molar-refractivity contribution in [1.29, 1.82) is 0 Å². The lowest BCUT2D eigenvalue weighted by molar-refractivity contribution is 0.0603. The van der Waals surface area contributed by atoms with Crippen LogP contribution in [0.25, 0.3) is 11.1 Å². The number of hydrogen-bond donors (Lipinski definition) is 2. The number of ether oxygens (including phenoxy) is 2. The second-order valence-electron chi connectivity index (χ2n) is 11.7. The van der Waals surface area contributed by atoms with Gasteiger partial charge in [0.15, 0.2) is 0 Å². The zero-order valence-corrected chi connectivity index (χ0v) is 25.6. The molecule has 0 radical (unpaired) electrons. The van der Waals surface area contributed by atoms with Crippen LogP contribution in [0.2, 0.25) is 0 Å². The van der Waals surface area contributed by atoms with E-state index in [1.807, 2.05) is 0 Å². The van der Waals surface area contributed by atoms with Gasteiger partial charge in [-0.05, 0) is 94.6 Å². The zero-order valence-electron chi connectivity index (χ0n) is 24.7. The number of anilines is 2. The van der Waals surface area contributed by atoms with E-state index in [9.17, 15) is 23.0 Å². The van der Waals surface area contributed by atoms with Crippen LogP contribution in [-0.4, -0.2) is 39.8 Å². The number of nitrogens with zero attached hydrogens (tertiary/aromatic N) is 1. The summed E-state index contributed by atoms with van der Waals surface area (Å²) in [4.78, 5) is 37.7. The Bertz CT molecular complexity index is 1580. The third-order valence-corrected chi connectivity index (χ3v) is 6.80. The number of rotatable bonds is 6. The van der Waals surface area contributed by atoms with Gasteiger partial charge in [-0.2, -0.15) is 0 Å². The van der Waals surface area contributed by atoms with E-state index in [2.05, 4.69) is 15.0 Å². The van der Waals surface area contributed by atoms with Crippen LogP contribution in [-0.2, 0) is 25.0 Å². The summed E-state index contributed by atoms with van der Waals surface area (Å²) in [6.07, 6.45) is -0.230. The van der Waals surface area contributed by atoms with Crippen molar-refractivity contribution in [3.05, 3.63) is 83.7 Å². The summed E-state index contributed by atoms with van der Waals surface area (Å²) < 4.78 is 40.5. The molecule has 3 rings (SSSR count). The van der Waals surface area contributed by atoms with Crippen molar-refractivity contribution < 1.29 is 32.5 Å². The first-order chi connectivity index (χ1) is 19.4. The van der Waals surface area contributed by atoms with Crippen LogP contribution < -0.4 is 10.6 Å². The molecule has 0 heterocycles. The second kappa shape index (κ2) is 12.7. The fraction of sp³-hybridized carbons (Fsp3) is 0.323. The SMILES string of the molecule is CC(C)(C)OC(=O)N=S(C)(=O)Cc1ccc(C(=O)Nc2cc(-c3ccc(F)cc3)ccc2NC(=O)OC(C)(C)C)cc1. The summed E-state index contributed by atoms with van der Waals surface area (Å²) >= 11 is 0. The van der Waals surface area contributed by atoms with Crippen molar-refractivity contribution in [3.63, 3.8) is 0 Å². The van der Waals surface area contributed by atoms with Crippen molar-refractivity contribution in [2.24, 2.45) is 4.36 Å². The number of halogens is 1. The minimum Gasteiger partial charge on any atom is -0.444 e. The molecule has 224 valence electrons. The summed E-state index contributed by atoms with van der Waals surface area (Å²) in [5, 5.41) is 5.47. The standard InChI is InChI=1S/C31H36FN3O6S/c1-30(2,3)40-28(37)34-25-17-14-23(21-12-15-24(32)16-13-21)18-26(25)33-27(36)22-10-8-20(9-11-22)19-42(7,39)35-29(38)41-31(4,5)6/h8-18H,19H2,1-7H3,(H,33,36)(H,34,37). The molecule has 0 aliphatic heterocycles. The van der Waals surface area contributed by atoms with Gasteiger partial charge in [0.05, 0.1) is 26.9 Å². The van der Waals surface area contributed by atoms with Crippen LogP contribution in [0.1, 0.15) is 57.5 Å². The Labute approximate surface area is 246 Å².